The molecule has 0 bridgehead atoms. The molecule has 4 saturated carbocycles. The number of carbonyl (C=O) groups is 1. The molecule has 144 valence electrons. The number of rotatable bonds is 8. The standard InChI is InChI=1S/C27H30O/c28-23(15-26(17-24(26)19-11-12-19)21-7-3-1-4-8-21)16-27(18-25(27)20-13-14-20)22-9-5-2-6-10-22/h1-10,19-20,24-25H,11-18H2. The maximum atomic E-state index is 13.5. The van der Waals surface area contributed by atoms with Crippen LogP contribution in [0.2, 0.25) is 0 Å². The van der Waals surface area contributed by atoms with Crippen LogP contribution in [0, 0.1) is 23.7 Å². The second kappa shape index (κ2) is 6.05. The molecule has 2 aromatic carbocycles. The van der Waals surface area contributed by atoms with Gasteiger partial charge in [0.2, 0.25) is 0 Å². The van der Waals surface area contributed by atoms with E-state index in [-0.39, 0.29) is 10.8 Å². The Balaban J connectivity index is 1.24. The van der Waals surface area contributed by atoms with Crippen LogP contribution in [0.5, 0.6) is 0 Å². The first-order chi connectivity index (χ1) is 13.7. The normalized spacial score (nSPS) is 36.1. The molecule has 0 aliphatic heterocycles. The lowest BCUT2D eigenvalue weighted by atomic mass is 9.81. The van der Waals surface area contributed by atoms with Crippen molar-refractivity contribution in [2.45, 2.75) is 62.2 Å². The van der Waals surface area contributed by atoms with Gasteiger partial charge in [-0.1, -0.05) is 60.7 Å². The summed E-state index contributed by atoms with van der Waals surface area (Å²) >= 11 is 0. The van der Waals surface area contributed by atoms with Gasteiger partial charge in [-0.25, -0.2) is 0 Å². The predicted octanol–water partition coefficient (Wildman–Crippen LogP) is 6.07. The second-order valence-electron chi connectivity index (χ2n) is 10.2. The average molecular weight is 371 g/mol. The first-order valence-electron chi connectivity index (χ1n) is 11.3. The molecule has 1 nitrogen and oxygen atoms in total. The molecule has 4 aliphatic rings. The summed E-state index contributed by atoms with van der Waals surface area (Å²) in [5.41, 5.74) is 3.15. The minimum atomic E-state index is 0.154. The van der Waals surface area contributed by atoms with Gasteiger partial charge >= 0.3 is 0 Å². The van der Waals surface area contributed by atoms with Crippen LogP contribution < -0.4 is 0 Å². The molecule has 28 heavy (non-hydrogen) atoms. The smallest absolute Gasteiger partial charge is 0.134 e. The zero-order valence-electron chi connectivity index (χ0n) is 16.6. The average Bonchev–Trinajstić information content (AvgIpc) is 3.55. The van der Waals surface area contributed by atoms with Crippen molar-refractivity contribution in [3.8, 4) is 0 Å². The molecular weight excluding hydrogens is 340 g/mol. The topological polar surface area (TPSA) is 17.1 Å². The summed E-state index contributed by atoms with van der Waals surface area (Å²) in [6, 6.07) is 21.9. The molecule has 0 saturated heterocycles. The third-order valence-electron chi connectivity index (χ3n) is 8.37. The first kappa shape index (κ1) is 17.0. The van der Waals surface area contributed by atoms with Gasteiger partial charge < -0.3 is 0 Å². The van der Waals surface area contributed by atoms with Crippen LogP contribution in [0.25, 0.3) is 0 Å². The van der Waals surface area contributed by atoms with Gasteiger partial charge in [0.15, 0.2) is 0 Å². The Morgan fingerprint density at radius 2 is 1.07 bits per heavy atom. The molecule has 6 rings (SSSR count). The molecule has 0 amide bonds. The molecule has 2 aromatic rings. The van der Waals surface area contributed by atoms with E-state index in [4.69, 9.17) is 0 Å². The summed E-state index contributed by atoms with van der Waals surface area (Å²) in [5.74, 6) is 3.79. The number of ketones is 1. The van der Waals surface area contributed by atoms with Crippen LogP contribution in [0.4, 0.5) is 0 Å². The molecule has 0 radical (unpaired) electrons. The second-order valence-corrected chi connectivity index (χ2v) is 10.2. The number of Topliss-reactive ketones (excluding diaryl/α,β-unsaturated/α-hetero) is 1. The zero-order chi connectivity index (χ0) is 18.8. The van der Waals surface area contributed by atoms with Gasteiger partial charge in [-0.15, -0.1) is 0 Å². The van der Waals surface area contributed by atoms with Crippen molar-refractivity contribution < 1.29 is 4.79 Å². The highest BCUT2D eigenvalue weighted by atomic mass is 16.1. The van der Waals surface area contributed by atoms with Gasteiger partial charge in [0.1, 0.15) is 5.78 Å². The van der Waals surface area contributed by atoms with E-state index in [1.54, 1.807) is 0 Å². The molecule has 0 heterocycles. The molecule has 0 aromatic heterocycles. The van der Waals surface area contributed by atoms with Crippen LogP contribution in [0.15, 0.2) is 60.7 Å². The molecule has 4 aliphatic carbocycles. The van der Waals surface area contributed by atoms with E-state index in [1.807, 2.05) is 0 Å². The van der Waals surface area contributed by atoms with E-state index < -0.39 is 0 Å². The minimum Gasteiger partial charge on any atom is -0.300 e. The summed E-state index contributed by atoms with van der Waals surface area (Å²) in [6.45, 7) is 0. The number of hydrogen-bond donors (Lipinski definition) is 0. The SMILES string of the molecule is O=C(CC1(c2ccccc2)CC1C1CC1)CC1(c2ccccc2)CC1C1CC1. The van der Waals surface area contributed by atoms with Crippen LogP contribution in [0.1, 0.15) is 62.5 Å². The number of benzene rings is 2. The number of carbonyl (C=O) groups excluding carboxylic acids is 1. The van der Waals surface area contributed by atoms with E-state index in [1.165, 1.54) is 49.7 Å². The molecule has 4 unspecified atom stereocenters. The summed E-state index contributed by atoms with van der Waals surface area (Å²) in [4.78, 5) is 13.5. The highest BCUT2D eigenvalue weighted by molar-refractivity contribution is 5.83. The van der Waals surface area contributed by atoms with Gasteiger partial charge in [-0.05, 0) is 73.3 Å². The fourth-order valence-corrected chi connectivity index (χ4v) is 6.48. The first-order valence-corrected chi connectivity index (χ1v) is 11.3. The lowest BCUT2D eigenvalue weighted by Crippen LogP contribution is -2.22. The summed E-state index contributed by atoms with van der Waals surface area (Å²) < 4.78 is 0. The molecule has 0 N–H and O–H groups in total. The van der Waals surface area contributed by atoms with Crippen LogP contribution in [0.3, 0.4) is 0 Å². The van der Waals surface area contributed by atoms with E-state index in [0.29, 0.717) is 5.78 Å². The van der Waals surface area contributed by atoms with Crippen molar-refractivity contribution in [3.05, 3.63) is 71.8 Å². The quantitative estimate of drug-likeness (QED) is 0.551. The fraction of sp³-hybridized carbons (Fsp3) is 0.519. The van der Waals surface area contributed by atoms with E-state index >= 15 is 0 Å². The predicted molar refractivity (Wildman–Crippen MR) is 112 cm³/mol. The van der Waals surface area contributed by atoms with Crippen molar-refractivity contribution in [2.24, 2.45) is 23.7 Å². The number of hydrogen-bond acceptors (Lipinski definition) is 1. The van der Waals surface area contributed by atoms with Gasteiger partial charge in [-0.3, -0.25) is 4.79 Å². The molecule has 4 atom stereocenters. The van der Waals surface area contributed by atoms with Crippen LogP contribution >= 0.6 is 0 Å². The molecule has 4 fully saturated rings. The van der Waals surface area contributed by atoms with E-state index in [2.05, 4.69) is 60.7 Å². The van der Waals surface area contributed by atoms with Crippen molar-refractivity contribution >= 4 is 5.78 Å². The zero-order valence-corrected chi connectivity index (χ0v) is 16.6. The largest absolute Gasteiger partial charge is 0.300 e. The van der Waals surface area contributed by atoms with Crippen LogP contribution in [-0.4, -0.2) is 5.78 Å². The summed E-state index contributed by atoms with van der Waals surface area (Å²) in [7, 11) is 0. The maximum absolute atomic E-state index is 13.5. The highest BCUT2D eigenvalue weighted by Gasteiger charge is 2.64. The van der Waals surface area contributed by atoms with Crippen molar-refractivity contribution in [1.29, 1.82) is 0 Å². The van der Waals surface area contributed by atoms with Crippen molar-refractivity contribution in [3.63, 3.8) is 0 Å². The molecular formula is C27H30O. The lowest BCUT2D eigenvalue weighted by molar-refractivity contribution is -0.120. The summed E-state index contributed by atoms with van der Waals surface area (Å²) in [5, 5.41) is 0. The highest BCUT2D eigenvalue weighted by Crippen LogP contribution is 2.68. The van der Waals surface area contributed by atoms with Gasteiger partial charge in [0.05, 0.1) is 0 Å². The maximum Gasteiger partial charge on any atom is 0.134 e. The van der Waals surface area contributed by atoms with Crippen molar-refractivity contribution in [1.82, 2.24) is 0 Å². The third kappa shape index (κ3) is 2.78. The Morgan fingerprint density at radius 1 is 0.679 bits per heavy atom. The van der Waals surface area contributed by atoms with Gasteiger partial charge in [-0.2, -0.15) is 0 Å². The minimum absolute atomic E-state index is 0.154. The molecule has 1 heteroatoms. The Labute approximate surface area is 168 Å². The van der Waals surface area contributed by atoms with Crippen molar-refractivity contribution in [2.75, 3.05) is 0 Å². The fourth-order valence-electron chi connectivity index (χ4n) is 6.48. The Kier molecular flexibility index (Phi) is 3.68. The third-order valence-corrected chi connectivity index (χ3v) is 8.37. The Bertz CT molecular complexity index is 805. The Morgan fingerprint density at radius 3 is 1.43 bits per heavy atom. The lowest BCUT2D eigenvalue weighted by Gasteiger charge is -2.22. The summed E-state index contributed by atoms with van der Waals surface area (Å²) in [6.07, 6.45) is 9.52. The van der Waals surface area contributed by atoms with E-state index in [9.17, 15) is 4.79 Å². The van der Waals surface area contributed by atoms with Gasteiger partial charge in [0, 0.05) is 23.7 Å². The molecule has 0 spiro atoms. The monoisotopic (exact) mass is 370 g/mol. The van der Waals surface area contributed by atoms with E-state index in [0.717, 1.165) is 36.5 Å². The Hall–Kier alpha value is -1.89. The van der Waals surface area contributed by atoms with Gasteiger partial charge in [0.25, 0.3) is 0 Å². The van der Waals surface area contributed by atoms with Crippen LogP contribution in [-0.2, 0) is 15.6 Å².